The van der Waals surface area contributed by atoms with E-state index in [4.69, 9.17) is 25.1 Å². The topological polar surface area (TPSA) is 204 Å². The van der Waals surface area contributed by atoms with Crippen LogP contribution in [-0.4, -0.2) is 126 Å². The van der Waals surface area contributed by atoms with E-state index in [0.29, 0.717) is 52.6 Å². The van der Waals surface area contributed by atoms with Crippen LogP contribution < -0.4 is 11.1 Å². The fourth-order valence-corrected chi connectivity index (χ4v) is 2.10. The first-order valence-corrected chi connectivity index (χ1v) is 9.59. The van der Waals surface area contributed by atoms with Crippen LogP contribution in [0.2, 0.25) is 0 Å². The van der Waals surface area contributed by atoms with Crippen molar-refractivity contribution in [3.63, 3.8) is 0 Å². The van der Waals surface area contributed by atoms with Crippen LogP contribution in [0.3, 0.4) is 0 Å². The summed E-state index contributed by atoms with van der Waals surface area (Å²) in [5.41, 5.74) is 5.33. The third-order valence-electron chi connectivity index (χ3n) is 3.87. The van der Waals surface area contributed by atoms with Crippen molar-refractivity contribution in [3.8, 4) is 0 Å². The zero-order chi connectivity index (χ0) is 22.1. The summed E-state index contributed by atoms with van der Waals surface area (Å²) in [4.78, 5) is 11.7. The summed E-state index contributed by atoms with van der Waals surface area (Å²) in [6.45, 7) is 2.54. The summed E-state index contributed by atoms with van der Waals surface area (Å²) >= 11 is 0. The molecule has 0 spiro atoms. The number of rotatable bonds is 19. The highest BCUT2D eigenvalue weighted by atomic mass is 16.5. The second-order valence-electron chi connectivity index (χ2n) is 6.29. The Morgan fingerprint density at radius 3 is 1.83 bits per heavy atom. The minimum Gasteiger partial charge on any atom is -0.394 e. The zero-order valence-corrected chi connectivity index (χ0v) is 16.6. The van der Waals surface area contributed by atoms with Crippen LogP contribution in [0.4, 0.5) is 0 Å². The number of carbonyl (C=O) groups excluding carboxylic acids is 1. The van der Waals surface area contributed by atoms with E-state index >= 15 is 0 Å². The predicted octanol–water partition coefficient (Wildman–Crippen LogP) is -4.31. The largest absolute Gasteiger partial charge is 0.394 e. The SMILES string of the molecule is NCCCOCCOCCOCCCNC(=O)C(O)C(O)C(O)C(O)C(O)CO. The van der Waals surface area contributed by atoms with Gasteiger partial charge in [0, 0.05) is 19.8 Å². The van der Waals surface area contributed by atoms with Crippen molar-refractivity contribution in [2.75, 3.05) is 59.3 Å². The van der Waals surface area contributed by atoms with Gasteiger partial charge in [-0.2, -0.15) is 0 Å². The Morgan fingerprint density at radius 2 is 1.31 bits per heavy atom. The molecule has 12 nitrogen and oxygen atoms in total. The second-order valence-corrected chi connectivity index (χ2v) is 6.29. The molecular weight excluding hydrogens is 392 g/mol. The third-order valence-corrected chi connectivity index (χ3v) is 3.87. The minimum absolute atomic E-state index is 0.149. The first-order chi connectivity index (χ1) is 13.9. The molecule has 0 aliphatic rings. The van der Waals surface area contributed by atoms with Gasteiger partial charge >= 0.3 is 0 Å². The van der Waals surface area contributed by atoms with Crippen molar-refractivity contribution in [1.29, 1.82) is 0 Å². The molecule has 1 amide bonds. The van der Waals surface area contributed by atoms with Crippen molar-refractivity contribution >= 4 is 5.91 Å². The van der Waals surface area contributed by atoms with Gasteiger partial charge in [0.1, 0.15) is 24.4 Å². The molecule has 0 aliphatic heterocycles. The molecule has 0 bridgehead atoms. The van der Waals surface area contributed by atoms with E-state index < -0.39 is 43.0 Å². The summed E-state index contributed by atoms with van der Waals surface area (Å²) in [7, 11) is 0. The molecule has 5 unspecified atom stereocenters. The number of carbonyl (C=O) groups is 1. The van der Waals surface area contributed by atoms with Crippen LogP contribution in [-0.2, 0) is 19.0 Å². The van der Waals surface area contributed by atoms with Gasteiger partial charge in [0.15, 0.2) is 6.10 Å². The maximum Gasteiger partial charge on any atom is 0.251 e. The standard InChI is InChI=1S/C17H36N2O10/c18-3-1-5-27-7-9-29-10-8-28-6-2-4-19-17(26)16(25)15(24)14(23)13(22)12(21)11-20/h12-16,20-25H,1-11,18H2,(H,19,26). The first-order valence-electron chi connectivity index (χ1n) is 9.59. The molecule has 174 valence electrons. The fraction of sp³-hybridized carbons (Fsp3) is 0.941. The maximum absolute atomic E-state index is 11.7. The summed E-state index contributed by atoms with van der Waals surface area (Å²) in [5.74, 6) is -0.958. The van der Waals surface area contributed by atoms with E-state index in [1.165, 1.54) is 0 Å². The van der Waals surface area contributed by atoms with E-state index in [9.17, 15) is 30.3 Å². The van der Waals surface area contributed by atoms with Gasteiger partial charge in [-0.25, -0.2) is 0 Å². The molecule has 0 heterocycles. The molecule has 0 aliphatic carbocycles. The zero-order valence-electron chi connectivity index (χ0n) is 16.6. The molecule has 29 heavy (non-hydrogen) atoms. The summed E-state index contributed by atoms with van der Waals surface area (Å²) in [6, 6.07) is 0. The number of nitrogens with two attached hydrogens (primary N) is 1. The highest BCUT2D eigenvalue weighted by Crippen LogP contribution is 2.08. The molecule has 0 saturated carbocycles. The Labute approximate surface area is 170 Å². The van der Waals surface area contributed by atoms with Crippen LogP contribution in [0.15, 0.2) is 0 Å². The van der Waals surface area contributed by atoms with Crippen LogP contribution in [0, 0.1) is 0 Å². The van der Waals surface area contributed by atoms with Crippen molar-refractivity contribution in [1.82, 2.24) is 5.32 Å². The molecule has 0 rings (SSSR count). The Hall–Kier alpha value is -0.930. The molecule has 0 fully saturated rings. The molecule has 0 saturated heterocycles. The summed E-state index contributed by atoms with van der Waals surface area (Å²) < 4.78 is 15.9. The van der Waals surface area contributed by atoms with Gasteiger partial charge in [0.2, 0.25) is 0 Å². The molecule has 0 radical (unpaired) electrons. The molecule has 5 atom stereocenters. The summed E-state index contributed by atoms with van der Waals surface area (Å²) in [6.07, 6.45) is -8.49. The smallest absolute Gasteiger partial charge is 0.251 e. The molecule has 12 heteroatoms. The lowest BCUT2D eigenvalue weighted by Gasteiger charge is -2.27. The van der Waals surface area contributed by atoms with E-state index in [1.807, 2.05) is 0 Å². The van der Waals surface area contributed by atoms with Gasteiger partial charge in [0.25, 0.3) is 5.91 Å². The average molecular weight is 428 g/mol. The number of hydrogen-bond donors (Lipinski definition) is 8. The maximum atomic E-state index is 11.7. The number of nitrogens with one attached hydrogen (secondary N) is 1. The van der Waals surface area contributed by atoms with Gasteiger partial charge in [-0.05, 0) is 19.4 Å². The minimum atomic E-state index is -2.04. The Morgan fingerprint density at radius 1 is 0.793 bits per heavy atom. The fourth-order valence-electron chi connectivity index (χ4n) is 2.10. The first kappa shape index (κ1) is 28.1. The van der Waals surface area contributed by atoms with E-state index in [2.05, 4.69) is 5.32 Å². The quantitative estimate of drug-likeness (QED) is 0.0924. The Kier molecular flexibility index (Phi) is 17.3. The lowest BCUT2D eigenvalue weighted by Crippen LogP contribution is -2.54. The number of aliphatic hydroxyl groups is 6. The Balaban J connectivity index is 3.72. The van der Waals surface area contributed by atoms with Gasteiger partial charge < -0.3 is 55.9 Å². The summed E-state index contributed by atoms with van der Waals surface area (Å²) in [5, 5.41) is 58.8. The lowest BCUT2D eigenvalue weighted by molar-refractivity contribution is -0.156. The monoisotopic (exact) mass is 428 g/mol. The van der Waals surface area contributed by atoms with Gasteiger partial charge in [-0.1, -0.05) is 0 Å². The normalized spacial score (nSPS) is 16.8. The molecule has 0 aromatic carbocycles. The van der Waals surface area contributed by atoms with Crippen LogP contribution >= 0.6 is 0 Å². The number of amides is 1. The van der Waals surface area contributed by atoms with Crippen LogP contribution in [0.5, 0.6) is 0 Å². The average Bonchev–Trinajstić information content (AvgIpc) is 2.73. The number of hydrogen-bond acceptors (Lipinski definition) is 11. The molecular formula is C17H36N2O10. The van der Waals surface area contributed by atoms with Crippen molar-refractivity contribution in [3.05, 3.63) is 0 Å². The van der Waals surface area contributed by atoms with Crippen molar-refractivity contribution in [2.45, 2.75) is 43.4 Å². The van der Waals surface area contributed by atoms with Crippen molar-refractivity contribution in [2.24, 2.45) is 5.73 Å². The lowest BCUT2D eigenvalue weighted by atomic mass is 9.99. The van der Waals surface area contributed by atoms with E-state index in [0.717, 1.165) is 6.42 Å². The van der Waals surface area contributed by atoms with E-state index in [-0.39, 0.29) is 6.54 Å². The van der Waals surface area contributed by atoms with Crippen molar-refractivity contribution < 1.29 is 49.6 Å². The molecule has 9 N–H and O–H groups in total. The molecule has 0 aromatic rings. The highest BCUT2D eigenvalue weighted by molar-refractivity contribution is 5.81. The Bertz CT molecular complexity index is 404. The molecule has 0 aromatic heterocycles. The third kappa shape index (κ3) is 13.1. The van der Waals surface area contributed by atoms with Gasteiger partial charge in [-0.3, -0.25) is 4.79 Å². The van der Waals surface area contributed by atoms with Gasteiger partial charge in [-0.15, -0.1) is 0 Å². The van der Waals surface area contributed by atoms with Crippen LogP contribution in [0.25, 0.3) is 0 Å². The predicted molar refractivity (Wildman–Crippen MR) is 101 cm³/mol. The highest BCUT2D eigenvalue weighted by Gasteiger charge is 2.36. The second kappa shape index (κ2) is 17.9. The number of aliphatic hydroxyl groups excluding tert-OH is 6. The van der Waals surface area contributed by atoms with Crippen LogP contribution in [0.1, 0.15) is 12.8 Å². The van der Waals surface area contributed by atoms with Gasteiger partial charge in [0.05, 0.1) is 33.0 Å². The number of ether oxygens (including phenoxy) is 3. The van der Waals surface area contributed by atoms with E-state index in [1.54, 1.807) is 0 Å².